The van der Waals surface area contributed by atoms with Crippen LogP contribution < -0.4 is 10.1 Å². The van der Waals surface area contributed by atoms with Crippen molar-refractivity contribution in [2.45, 2.75) is 32.4 Å². The lowest BCUT2D eigenvalue weighted by molar-refractivity contribution is -0.137. The summed E-state index contributed by atoms with van der Waals surface area (Å²) in [5.41, 5.74) is -0.399. The molecule has 0 aromatic heterocycles. The van der Waals surface area contributed by atoms with Crippen molar-refractivity contribution in [3.63, 3.8) is 0 Å². The molecule has 94 valence electrons. The SMILES string of the molecule is COc1ccc(C(C)NC(=O)C(C)(C)O)cc1. The highest BCUT2D eigenvalue weighted by molar-refractivity contribution is 5.84. The van der Waals surface area contributed by atoms with Crippen LogP contribution in [0, 0.1) is 0 Å². The quantitative estimate of drug-likeness (QED) is 0.837. The molecule has 1 rings (SSSR count). The second-order valence-corrected chi connectivity index (χ2v) is 4.53. The van der Waals surface area contributed by atoms with Crippen LogP contribution in [0.4, 0.5) is 0 Å². The van der Waals surface area contributed by atoms with Crippen molar-refractivity contribution in [3.05, 3.63) is 29.8 Å². The van der Waals surface area contributed by atoms with E-state index in [9.17, 15) is 9.90 Å². The Balaban J connectivity index is 2.70. The summed E-state index contributed by atoms with van der Waals surface area (Å²) < 4.78 is 5.06. The molecule has 0 aliphatic rings. The van der Waals surface area contributed by atoms with Crippen molar-refractivity contribution in [1.29, 1.82) is 0 Å². The van der Waals surface area contributed by atoms with Crippen LogP contribution in [0.1, 0.15) is 32.4 Å². The summed E-state index contributed by atoms with van der Waals surface area (Å²) in [4.78, 5) is 11.6. The Morgan fingerprint density at radius 3 is 2.29 bits per heavy atom. The number of carbonyl (C=O) groups excluding carboxylic acids is 1. The van der Waals surface area contributed by atoms with Crippen LogP contribution in [0.15, 0.2) is 24.3 Å². The van der Waals surface area contributed by atoms with Crippen molar-refractivity contribution in [1.82, 2.24) is 5.32 Å². The highest BCUT2D eigenvalue weighted by Crippen LogP contribution is 2.17. The zero-order valence-corrected chi connectivity index (χ0v) is 10.7. The van der Waals surface area contributed by atoms with E-state index in [1.807, 2.05) is 31.2 Å². The molecule has 2 N–H and O–H groups in total. The van der Waals surface area contributed by atoms with Crippen molar-refractivity contribution in [3.8, 4) is 5.75 Å². The topological polar surface area (TPSA) is 58.6 Å². The second-order valence-electron chi connectivity index (χ2n) is 4.53. The third-order valence-corrected chi connectivity index (χ3v) is 2.52. The lowest BCUT2D eigenvalue weighted by atomic mass is 10.1. The van der Waals surface area contributed by atoms with Crippen molar-refractivity contribution < 1.29 is 14.6 Å². The summed E-state index contributed by atoms with van der Waals surface area (Å²) in [6.45, 7) is 4.79. The molecule has 4 nitrogen and oxygen atoms in total. The average Bonchev–Trinajstić information content (AvgIpc) is 2.27. The van der Waals surface area contributed by atoms with Gasteiger partial charge in [-0.05, 0) is 38.5 Å². The maximum atomic E-state index is 11.6. The number of methoxy groups -OCH3 is 1. The van der Waals surface area contributed by atoms with E-state index in [2.05, 4.69) is 5.32 Å². The normalized spacial score (nSPS) is 13.0. The van der Waals surface area contributed by atoms with Crippen LogP contribution in [0.25, 0.3) is 0 Å². The highest BCUT2D eigenvalue weighted by Gasteiger charge is 2.25. The number of amides is 1. The summed E-state index contributed by atoms with van der Waals surface area (Å²) in [7, 11) is 1.61. The van der Waals surface area contributed by atoms with E-state index >= 15 is 0 Å². The summed E-state index contributed by atoms with van der Waals surface area (Å²) in [5, 5.41) is 12.3. The molecule has 0 aliphatic heterocycles. The molecule has 1 aromatic rings. The first-order chi connectivity index (χ1) is 7.84. The number of hydrogen-bond donors (Lipinski definition) is 2. The predicted octanol–water partition coefficient (Wildman–Crippen LogP) is 1.64. The van der Waals surface area contributed by atoms with Gasteiger partial charge in [-0.2, -0.15) is 0 Å². The molecule has 1 aromatic carbocycles. The first kappa shape index (κ1) is 13.5. The third-order valence-electron chi connectivity index (χ3n) is 2.52. The Kier molecular flexibility index (Phi) is 4.12. The van der Waals surface area contributed by atoms with E-state index < -0.39 is 5.60 Å². The molecule has 0 bridgehead atoms. The fourth-order valence-corrected chi connectivity index (χ4v) is 1.35. The zero-order chi connectivity index (χ0) is 13.1. The van der Waals surface area contributed by atoms with Gasteiger partial charge < -0.3 is 15.2 Å². The van der Waals surface area contributed by atoms with Gasteiger partial charge in [0.05, 0.1) is 13.2 Å². The van der Waals surface area contributed by atoms with Gasteiger partial charge in [0, 0.05) is 0 Å². The average molecular weight is 237 g/mol. The molecule has 0 heterocycles. The Labute approximate surface area is 102 Å². The minimum atomic E-state index is -1.36. The molecule has 0 aliphatic carbocycles. The maximum absolute atomic E-state index is 11.6. The van der Waals surface area contributed by atoms with Gasteiger partial charge in [-0.15, -0.1) is 0 Å². The molecule has 1 atom stereocenters. The fourth-order valence-electron chi connectivity index (χ4n) is 1.35. The summed E-state index contributed by atoms with van der Waals surface area (Å²) in [6.07, 6.45) is 0. The Morgan fingerprint density at radius 2 is 1.88 bits per heavy atom. The molecule has 0 saturated heterocycles. The number of hydrogen-bond acceptors (Lipinski definition) is 3. The number of rotatable bonds is 4. The van der Waals surface area contributed by atoms with E-state index in [1.54, 1.807) is 7.11 Å². The van der Waals surface area contributed by atoms with Gasteiger partial charge in [0.15, 0.2) is 0 Å². The van der Waals surface area contributed by atoms with Crippen LogP contribution in [0.5, 0.6) is 5.75 Å². The monoisotopic (exact) mass is 237 g/mol. The van der Waals surface area contributed by atoms with Crippen molar-refractivity contribution >= 4 is 5.91 Å². The Bertz CT molecular complexity index is 379. The maximum Gasteiger partial charge on any atom is 0.251 e. The molecule has 4 heteroatoms. The van der Waals surface area contributed by atoms with Crippen molar-refractivity contribution in [2.24, 2.45) is 0 Å². The molecule has 0 radical (unpaired) electrons. The van der Waals surface area contributed by atoms with Gasteiger partial charge in [-0.1, -0.05) is 12.1 Å². The van der Waals surface area contributed by atoms with E-state index in [4.69, 9.17) is 4.74 Å². The van der Waals surface area contributed by atoms with Gasteiger partial charge in [0.2, 0.25) is 0 Å². The minimum Gasteiger partial charge on any atom is -0.497 e. The number of benzene rings is 1. The van der Waals surface area contributed by atoms with Crippen LogP contribution in [0.2, 0.25) is 0 Å². The fraction of sp³-hybridized carbons (Fsp3) is 0.462. The van der Waals surface area contributed by atoms with Gasteiger partial charge in [0.25, 0.3) is 5.91 Å². The van der Waals surface area contributed by atoms with Gasteiger partial charge in [-0.25, -0.2) is 0 Å². The van der Waals surface area contributed by atoms with E-state index in [0.717, 1.165) is 11.3 Å². The predicted molar refractivity (Wildman–Crippen MR) is 65.8 cm³/mol. The Hall–Kier alpha value is -1.55. The smallest absolute Gasteiger partial charge is 0.251 e. The lowest BCUT2D eigenvalue weighted by Gasteiger charge is -2.21. The number of nitrogens with one attached hydrogen (secondary N) is 1. The number of ether oxygens (including phenoxy) is 1. The van der Waals surface area contributed by atoms with E-state index in [0.29, 0.717) is 0 Å². The molecule has 0 spiro atoms. The first-order valence-corrected chi connectivity index (χ1v) is 5.52. The van der Waals surface area contributed by atoms with Gasteiger partial charge in [-0.3, -0.25) is 4.79 Å². The number of aliphatic hydroxyl groups is 1. The lowest BCUT2D eigenvalue weighted by Crippen LogP contribution is -2.42. The Morgan fingerprint density at radius 1 is 1.35 bits per heavy atom. The second kappa shape index (κ2) is 5.19. The van der Waals surface area contributed by atoms with Crippen LogP contribution in [-0.2, 0) is 4.79 Å². The highest BCUT2D eigenvalue weighted by atomic mass is 16.5. The molecule has 1 unspecified atom stereocenters. The van der Waals surface area contributed by atoms with Gasteiger partial charge in [0.1, 0.15) is 11.4 Å². The van der Waals surface area contributed by atoms with Crippen LogP contribution in [-0.4, -0.2) is 23.7 Å². The van der Waals surface area contributed by atoms with E-state index in [-0.39, 0.29) is 11.9 Å². The zero-order valence-electron chi connectivity index (χ0n) is 10.7. The summed E-state index contributed by atoms with van der Waals surface area (Å²) in [5.74, 6) is 0.385. The number of carbonyl (C=O) groups is 1. The molecule has 1 amide bonds. The molecular weight excluding hydrogens is 218 g/mol. The molecule has 0 fully saturated rings. The summed E-state index contributed by atoms with van der Waals surface area (Å²) >= 11 is 0. The first-order valence-electron chi connectivity index (χ1n) is 5.52. The van der Waals surface area contributed by atoms with E-state index in [1.165, 1.54) is 13.8 Å². The minimum absolute atomic E-state index is 0.153. The molecule has 0 saturated carbocycles. The van der Waals surface area contributed by atoms with Gasteiger partial charge >= 0.3 is 0 Å². The van der Waals surface area contributed by atoms with Crippen molar-refractivity contribution in [2.75, 3.05) is 7.11 Å². The molecule has 17 heavy (non-hydrogen) atoms. The standard InChI is InChI=1S/C13H19NO3/c1-9(14-12(15)13(2,3)16)10-5-7-11(17-4)8-6-10/h5-9,16H,1-4H3,(H,14,15). The summed E-state index contributed by atoms with van der Waals surface area (Å²) in [6, 6.07) is 7.28. The van der Waals surface area contributed by atoms with Crippen LogP contribution >= 0.6 is 0 Å². The van der Waals surface area contributed by atoms with Crippen LogP contribution in [0.3, 0.4) is 0 Å². The largest absolute Gasteiger partial charge is 0.497 e. The molecular formula is C13H19NO3. The third kappa shape index (κ3) is 3.75.